The molecule has 0 radical (unpaired) electrons. The Morgan fingerprint density at radius 2 is 1.94 bits per heavy atom. The van der Waals surface area contributed by atoms with Crippen LogP contribution in [0, 0.1) is 11.8 Å². The highest BCUT2D eigenvalue weighted by Gasteiger charge is 2.41. The zero-order chi connectivity index (χ0) is 11.7. The summed E-state index contributed by atoms with van der Waals surface area (Å²) in [6.07, 6.45) is 1.94. The van der Waals surface area contributed by atoms with E-state index in [1.807, 2.05) is 0 Å². The smallest absolute Gasteiger partial charge is 0.232 e. The molecule has 0 spiro atoms. The van der Waals surface area contributed by atoms with E-state index >= 15 is 0 Å². The van der Waals surface area contributed by atoms with Crippen LogP contribution in [0.4, 0.5) is 0 Å². The van der Waals surface area contributed by atoms with E-state index in [1.54, 1.807) is 13.8 Å². The molecule has 1 aromatic rings. The molecule has 0 aromatic carbocycles. The Morgan fingerprint density at radius 1 is 1.31 bits per heavy atom. The molecule has 2 rings (SSSR count). The number of carbonyl (C=O) groups excluding carboxylic acids is 2. The summed E-state index contributed by atoms with van der Waals surface area (Å²) in [5.74, 6) is 0.103. The fraction of sp³-hybridized carbons (Fsp3) is 0.600. The Bertz CT molecular complexity index is 381. The number of aromatic amines is 1. The first-order valence-electron chi connectivity index (χ1n) is 5.30. The largest absolute Gasteiger partial charge is 0.282 e. The van der Waals surface area contributed by atoms with Crippen molar-refractivity contribution in [1.82, 2.24) is 20.1 Å². The summed E-state index contributed by atoms with van der Waals surface area (Å²) in [6.45, 7) is 3.96. The summed E-state index contributed by atoms with van der Waals surface area (Å²) in [6, 6.07) is 0. The number of likely N-dealkylation sites (tertiary alicyclic amines) is 1. The Balaban J connectivity index is 2.00. The van der Waals surface area contributed by atoms with Gasteiger partial charge in [0.05, 0.1) is 0 Å². The van der Waals surface area contributed by atoms with Gasteiger partial charge in [-0.05, 0) is 0 Å². The van der Waals surface area contributed by atoms with Crippen molar-refractivity contribution in [1.29, 1.82) is 0 Å². The molecule has 1 saturated heterocycles. The molecule has 1 aliphatic heterocycles. The SMILES string of the molecule is CC1C(=O)N(CCc2ncn[nH]2)C(=O)C1C. The van der Waals surface area contributed by atoms with Gasteiger partial charge in [0.2, 0.25) is 11.8 Å². The number of hydrogen-bond donors (Lipinski definition) is 1. The van der Waals surface area contributed by atoms with Crippen LogP contribution in [-0.2, 0) is 16.0 Å². The quantitative estimate of drug-likeness (QED) is 0.729. The van der Waals surface area contributed by atoms with Crippen molar-refractivity contribution in [2.75, 3.05) is 6.54 Å². The lowest BCUT2D eigenvalue weighted by Crippen LogP contribution is -2.33. The van der Waals surface area contributed by atoms with E-state index in [1.165, 1.54) is 11.2 Å². The number of rotatable bonds is 3. The zero-order valence-electron chi connectivity index (χ0n) is 9.30. The van der Waals surface area contributed by atoms with Crippen LogP contribution in [0.25, 0.3) is 0 Å². The van der Waals surface area contributed by atoms with Crippen molar-refractivity contribution in [2.24, 2.45) is 11.8 Å². The van der Waals surface area contributed by atoms with Crippen LogP contribution in [0.2, 0.25) is 0 Å². The minimum atomic E-state index is -0.206. The maximum Gasteiger partial charge on any atom is 0.232 e. The minimum absolute atomic E-state index is 0.0861. The normalized spacial score (nSPS) is 25.5. The van der Waals surface area contributed by atoms with Gasteiger partial charge in [-0.2, -0.15) is 5.10 Å². The summed E-state index contributed by atoms with van der Waals surface area (Å²) in [5, 5.41) is 6.41. The van der Waals surface area contributed by atoms with Gasteiger partial charge in [0.25, 0.3) is 0 Å². The van der Waals surface area contributed by atoms with Crippen LogP contribution in [0.1, 0.15) is 19.7 Å². The Morgan fingerprint density at radius 3 is 2.44 bits per heavy atom. The van der Waals surface area contributed by atoms with Gasteiger partial charge >= 0.3 is 0 Å². The third kappa shape index (κ3) is 1.70. The van der Waals surface area contributed by atoms with Gasteiger partial charge in [-0.3, -0.25) is 19.6 Å². The van der Waals surface area contributed by atoms with Gasteiger partial charge in [0.15, 0.2) is 0 Å². The van der Waals surface area contributed by atoms with Crippen LogP contribution in [-0.4, -0.2) is 38.4 Å². The van der Waals surface area contributed by atoms with E-state index < -0.39 is 0 Å². The molecule has 2 unspecified atom stereocenters. The molecular weight excluding hydrogens is 208 g/mol. The molecule has 1 aliphatic rings. The minimum Gasteiger partial charge on any atom is -0.282 e. The molecule has 0 aliphatic carbocycles. The molecule has 6 nitrogen and oxygen atoms in total. The third-order valence-corrected chi connectivity index (χ3v) is 3.10. The highest BCUT2D eigenvalue weighted by atomic mass is 16.2. The Kier molecular flexibility index (Phi) is 2.72. The van der Waals surface area contributed by atoms with Crippen molar-refractivity contribution in [2.45, 2.75) is 20.3 Å². The van der Waals surface area contributed by atoms with Gasteiger partial charge in [-0.25, -0.2) is 4.98 Å². The molecule has 86 valence electrons. The maximum absolute atomic E-state index is 11.7. The first-order valence-corrected chi connectivity index (χ1v) is 5.30. The van der Waals surface area contributed by atoms with Gasteiger partial charge in [0.1, 0.15) is 12.2 Å². The Hall–Kier alpha value is -1.72. The zero-order valence-corrected chi connectivity index (χ0v) is 9.30. The summed E-state index contributed by atoms with van der Waals surface area (Å²) in [4.78, 5) is 28.8. The molecule has 1 aromatic heterocycles. The lowest BCUT2D eigenvalue weighted by Gasteiger charge is -2.12. The summed E-state index contributed by atoms with van der Waals surface area (Å²) in [7, 11) is 0. The van der Waals surface area contributed by atoms with Gasteiger partial charge < -0.3 is 0 Å². The number of imide groups is 1. The van der Waals surface area contributed by atoms with E-state index in [0.29, 0.717) is 18.8 Å². The number of nitrogens with one attached hydrogen (secondary N) is 1. The predicted octanol–water partition coefficient (Wildman–Crippen LogP) is -0.0118. The summed E-state index contributed by atoms with van der Waals surface area (Å²) in [5.41, 5.74) is 0. The molecule has 1 fully saturated rings. The second-order valence-corrected chi connectivity index (χ2v) is 4.09. The molecule has 2 amide bonds. The van der Waals surface area contributed by atoms with Gasteiger partial charge in [-0.1, -0.05) is 13.8 Å². The summed E-state index contributed by atoms with van der Waals surface area (Å²) >= 11 is 0. The van der Waals surface area contributed by atoms with Crippen molar-refractivity contribution in [3.8, 4) is 0 Å². The molecule has 0 bridgehead atoms. The molecule has 0 saturated carbocycles. The highest BCUT2D eigenvalue weighted by Crippen LogP contribution is 2.25. The lowest BCUT2D eigenvalue weighted by molar-refractivity contribution is -0.139. The Labute approximate surface area is 93.0 Å². The first kappa shape index (κ1) is 10.8. The molecule has 2 heterocycles. The molecule has 6 heteroatoms. The van der Waals surface area contributed by atoms with E-state index in [2.05, 4.69) is 15.2 Å². The van der Waals surface area contributed by atoms with E-state index in [4.69, 9.17) is 0 Å². The van der Waals surface area contributed by atoms with Crippen molar-refractivity contribution < 1.29 is 9.59 Å². The predicted molar refractivity (Wildman–Crippen MR) is 55.1 cm³/mol. The standard InChI is InChI=1S/C10H14N4O2/c1-6-7(2)10(16)14(9(6)15)4-3-8-11-5-12-13-8/h5-7H,3-4H2,1-2H3,(H,11,12,13). The number of nitrogens with zero attached hydrogens (tertiary/aromatic N) is 3. The van der Waals surface area contributed by atoms with Crippen LogP contribution < -0.4 is 0 Å². The maximum atomic E-state index is 11.7. The third-order valence-electron chi connectivity index (χ3n) is 3.10. The highest BCUT2D eigenvalue weighted by molar-refractivity contribution is 6.04. The topological polar surface area (TPSA) is 79.0 Å². The second kappa shape index (κ2) is 4.03. The monoisotopic (exact) mass is 222 g/mol. The second-order valence-electron chi connectivity index (χ2n) is 4.09. The van der Waals surface area contributed by atoms with E-state index in [9.17, 15) is 9.59 Å². The van der Waals surface area contributed by atoms with Crippen LogP contribution in [0.3, 0.4) is 0 Å². The lowest BCUT2D eigenvalue weighted by atomic mass is 10.00. The van der Waals surface area contributed by atoms with Crippen molar-refractivity contribution in [3.05, 3.63) is 12.2 Å². The van der Waals surface area contributed by atoms with Gasteiger partial charge in [-0.15, -0.1) is 0 Å². The van der Waals surface area contributed by atoms with Crippen molar-refractivity contribution in [3.63, 3.8) is 0 Å². The van der Waals surface area contributed by atoms with Crippen LogP contribution in [0.5, 0.6) is 0 Å². The molecule has 16 heavy (non-hydrogen) atoms. The fourth-order valence-electron chi connectivity index (χ4n) is 1.82. The van der Waals surface area contributed by atoms with E-state index in [-0.39, 0.29) is 23.7 Å². The number of carbonyl (C=O) groups is 2. The average Bonchev–Trinajstić information content (AvgIpc) is 2.84. The van der Waals surface area contributed by atoms with Crippen molar-refractivity contribution >= 4 is 11.8 Å². The van der Waals surface area contributed by atoms with Gasteiger partial charge in [0, 0.05) is 24.8 Å². The average molecular weight is 222 g/mol. The molecule has 2 atom stereocenters. The number of amides is 2. The first-order chi connectivity index (χ1) is 7.61. The molecular formula is C10H14N4O2. The number of aromatic nitrogens is 3. The number of hydrogen-bond acceptors (Lipinski definition) is 4. The van der Waals surface area contributed by atoms with E-state index in [0.717, 1.165) is 0 Å². The van der Waals surface area contributed by atoms with Crippen LogP contribution in [0.15, 0.2) is 6.33 Å². The molecule has 1 N–H and O–H groups in total. The van der Waals surface area contributed by atoms with Crippen LogP contribution >= 0.6 is 0 Å². The number of H-pyrrole nitrogens is 1. The fourth-order valence-corrected chi connectivity index (χ4v) is 1.82. The summed E-state index contributed by atoms with van der Waals surface area (Å²) < 4.78 is 0.